The maximum absolute atomic E-state index is 3.30. The number of fused-ring (bicyclic) bond motifs is 4. The van der Waals surface area contributed by atoms with Crippen molar-refractivity contribution in [3.8, 4) is 11.1 Å². The zero-order chi connectivity index (χ0) is 23.5. The fourth-order valence-electron chi connectivity index (χ4n) is 6.72. The molecule has 2 saturated carbocycles. The molecule has 0 nitrogen and oxygen atoms in total. The molecule has 3 aliphatic rings. The van der Waals surface area contributed by atoms with Crippen LogP contribution in [0.5, 0.6) is 0 Å². The minimum absolute atomic E-state index is 0. The first kappa shape index (κ1) is 31.7. The molecule has 0 N–H and O–H groups in total. The summed E-state index contributed by atoms with van der Waals surface area (Å²) in [5.74, 6) is 0. The van der Waals surface area contributed by atoms with E-state index >= 15 is 0 Å². The Balaban J connectivity index is 0.000000216. The Morgan fingerprint density at radius 2 is 1.29 bits per heavy atom. The van der Waals surface area contributed by atoms with E-state index in [9.17, 15) is 0 Å². The van der Waals surface area contributed by atoms with E-state index in [2.05, 4.69) is 78.9 Å². The molecule has 0 bridgehead atoms. The number of benzene rings is 3. The van der Waals surface area contributed by atoms with Crippen LogP contribution in [0.4, 0.5) is 0 Å². The number of rotatable bonds is 3. The maximum atomic E-state index is 3.30. The van der Waals surface area contributed by atoms with Crippen molar-refractivity contribution in [3.63, 3.8) is 0 Å². The van der Waals surface area contributed by atoms with Gasteiger partial charge in [0.2, 0.25) is 0 Å². The van der Waals surface area contributed by atoms with Crippen molar-refractivity contribution in [2.24, 2.45) is 0 Å². The minimum atomic E-state index is 0. The van der Waals surface area contributed by atoms with Crippen molar-refractivity contribution < 1.29 is 50.7 Å². The molecule has 0 atom stereocenters. The van der Waals surface area contributed by atoms with Crippen LogP contribution in [-0.4, -0.2) is 11.3 Å². The van der Waals surface area contributed by atoms with Gasteiger partial charge in [0.15, 0.2) is 0 Å². The van der Waals surface area contributed by atoms with E-state index in [0.29, 0.717) is 0 Å². The van der Waals surface area contributed by atoms with Crippen LogP contribution in [-0.2, 0) is 32.3 Å². The fraction of sp³-hybridized carbons (Fsp3) is 0.382. The summed E-state index contributed by atoms with van der Waals surface area (Å²) in [5, 5.41) is 4.67. The van der Waals surface area contributed by atoms with Gasteiger partial charge in [0.25, 0.3) is 0 Å². The quantitative estimate of drug-likeness (QED) is 0.152. The molecule has 3 aliphatic carbocycles. The van der Waals surface area contributed by atoms with Crippen LogP contribution < -0.4 is 30.1 Å². The van der Waals surface area contributed by atoms with Crippen LogP contribution in [0.3, 0.4) is 0 Å². The van der Waals surface area contributed by atoms with E-state index in [0.717, 1.165) is 17.7 Å². The van der Waals surface area contributed by atoms with Gasteiger partial charge in [-0.15, -0.1) is 45.9 Å². The van der Waals surface area contributed by atoms with Gasteiger partial charge < -0.3 is 24.8 Å². The van der Waals surface area contributed by atoms with Crippen molar-refractivity contribution >= 4 is 24.0 Å². The molecule has 4 heteroatoms. The Morgan fingerprint density at radius 1 is 0.684 bits per heavy atom. The van der Waals surface area contributed by atoms with Gasteiger partial charge in [0.05, 0.1) is 0 Å². The largest absolute Gasteiger partial charge is 4.00 e. The predicted molar refractivity (Wildman–Crippen MR) is 153 cm³/mol. The third-order valence-electron chi connectivity index (χ3n) is 8.45. The number of hydrogen-bond acceptors (Lipinski definition) is 0. The predicted octanol–water partition coefficient (Wildman–Crippen LogP) is 3.39. The number of hydrogen-bond donors (Lipinski definition) is 0. The van der Waals surface area contributed by atoms with Gasteiger partial charge in [-0.05, 0) is 43.4 Å². The zero-order valence-corrected chi connectivity index (χ0v) is 28.1. The van der Waals surface area contributed by atoms with E-state index in [1.165, 1.54) is 97.2 Å². The molecule has 0 amide bonds. The summed E-state index contributed by atoms with van der Waals surface area (Å²) in [4.78, 5) is 0. The normalized spacial score (nSPS) is 16.8. The van der Waals surface area contributed by atoms with E-state index in [1.54, 1.807) is 5.30 Å². The van der Waals surface area contributed by atoms with Crippen molar-refractivity contribution in [1.82, 2.24) is 0 Å². The average Bonchev–Trinajstić information content (AvgIpc) is 3.52. The van der Waals surface area contributed by atoms with Crippen molar-refractivity contribution in [3.05, 3.63) is 96.1 Å². The van der Waals surface area contributed by atoms with Crippen molar-refractivity contribution in [2.75, 3.05) is 0 Å². The molecule has 0 aromatic heterocycles. The van der Waals surface area contributed by atoms with E-state index < -0.39 is 0 Å². The van der Waals surface area contributed by atoms with E-state index in [-0.39, 0.29) is 58.6 Å². The summed E-state index contributed by atoms with van der Waals surface area (Å²) in [6.07, 6.45) is 16.0. The number of halogens is 2. The van der Waals surface area contributed by atoms with Crippen LogP contribution in [0.1, 0.15) is 75.3 Å². The third kappa shape index (κ3) is 7.07. The second kappa shape index (κ2) is 15.2. The molecule has 0 heterocycles. The standard InChI is InChI=1S/C21H28P.C13H9.2ClH.Hf/c1-3-11-19(12-4-1)22(20-13-5-2-6-14-20)21-15-17-9-7-8-10-18(17)16-21;1-3-7-12-10(5-1)9-11-6-2-4-8-13(11)12;;;/h7-10,15-16,19-20H,1-6,11-14H2;1-5,7-8H,9H2;2*1H;/q2*-1;;;+4/p-2. The van der Waals surface area contributed by atoms with Crippen molar-refractivity contribution in [1.29, 1.82) is 0 Å². The smallest absolute Gasteiger partial charge is 1.00 e. The summed E-state index contributed by atoms with van der Waals surface area (Å²) < 4.78 is 0. The van der Waals surface area contributed by atoms with Crippen LogP contribution in [0, 0.1) is 6.07 Å². The van der Waals surface area contributed by atoms with Gasteiger partial charge in [-0.3, -0.25) is 0 Å². The molecule has 0 unspecified atom stereocenters. The van der Waals surface area contributed by atoms with Gasteiger partial charge in [0, 0.05) is 0 Å². The second-order valence-electron chi connectivity index (χ2n) is 10.7. The summed E-state index contributed by atoms with van der Waals surface area (Å²) >= 11 is 0. The SMILES string of the molecule is [Cl-].[Cl-].[Hf+4].[c-]1cccc2c1Cc1ccccc1-2.c1ccc2[cH-]c(P(C3CCCCC3)C3CCCCC3)cc2c1. The minimum Gasteiger partial charge on any atom is -1.00 e. The molecule has 4 aromatic rings. The maximum Gasteiger partial charge on any atom is 4.00 e. The molecular weight excluding hydrogens is 689 g/mol. The van der Waals surface area contributed by atoms with Gasteiger partial charge in [-0.1, -0.05) is 87.9 Å². The topological polar surface area (TPSA) is 0 Å². The molecule has 0 radical (unpaired) electrons. The van der Waals surface area contributed by atoms with E-state index in [1.807, 2.05) is 6.07 Å². The molecule has 7 rings (SSSR count). The zero-order valence-electron chi connectivity index (χ0n) is 22.1. The van der Waals surface area contributed by atoms with Crippen LogP contribution in [0.2, 0.25) is 0 Å². The van der Waals surface area contributed by atoms with Gasteiger partial charge >= 0.3 is 25.8 Å². The summed E-state index contributed by atoms with van der Waals surface area (Å²) in [7, 11) is 0.0611. The third-order valence-corrected chi connectivity index (χ3v) is 11.9. The Labute approximate surface area is 262 Å². The average molecular weight is 726 g/mol. The van der Waals surface area contributed by atoms with Gasteiger partial charge in [0.1, 0.15) is 0 Å². The summed E-state index contributed by atoms with van der Waals surface area (Å²) in [5.41, 5.74) is 7.54. The van der Waals surface area contributed by atoms with Gasteiger partial charge in [-0.2, -0.15) is 35.9 Å². The Bertz CT molecular complexity index is 1180. The summed E-state index contributed by atoms with van der Waals surface area (Å²) in [6, 6.07) is 32.2. The van der Waals surface area contributed by atoms with Crippen LogP contribution >= 0.6 is 7.92 Å². The Kier molecular flexibility index (Phi) is 12.7. The van der Waals surface area contributed by atoms with Crippen LogP contribution in [0.15, 0.2) is 78.9 Å². The van der Waals surface area contributed by atoms with Gasteiger partial charge in [-0.25, -0.2) is 0 Å². The monoisotopic (exact) mass is 726 g/mol. The summed E-state index contributed by atoms with van der Waals surface area (Å²) in [6.45, 7) is 0. The first-order chi connectivity index (χ1) is 17.4. The van der Waals surface area contributed by atoms with E-state index in [4.69, 9.17) is 0 Å². The first-order valence-electron chi connectivity index (χ1n) is 13.9. The molecule has 0 spiro atoms. The van der Waals surface area contributed by atoms with Crippen LogP contribution in [0.25, 0.3) is 21.9 Å². The Hall–Kier alpha value is -0.850. The molecule has 196 valence electrons. The Morgan fingerprint density at radius 3 is 1.97 bits per heavy atom. The molecule has 4 aromatic carbocycles. The first-order valence-corrected chi connectivity index (χ1v) is 15.4. The molecule has 0 saturated heterocycles. The molecule has 0 aliphatic heterocycles. The molecular formula is C34H37Cl2HfP. The molecule has 38 heavy (non-hydrogen) atoms. The fourth-order valence-corrected chi connectivity index (χ4v) is 10.6. The molecule has 2 fully saturated rings. The van der Waals surface area contributed by atoms with Crippen molar-refractivity contribution in [2.45, 2.75) is 81.9 Å². The second-order valence-corrected chi connectivity index (χ2v) is 13.5.